The Morgan fingerprint density at radius 2 is 2.17 bits per heavy atom. The lowest BCUT2D eigenvalue weighted by Crippen LogP contribution is -2.28. The fourth-order valence-corrected chi connectivity index (χ4v) is 1.94. The molecule has 0 saturated carbocycles. The van der Waals surface area contributed by atoms with Crippen molar-refractivity contribution in [2.45, 2.75) is 32.7 Å². The van der Waals surface area contributed by atoms with Crippen LogP contribution in [0.4, 0.5) is 5.69 Å². The SMILES string of the molecule is CCC(N)C(C)Cc1cc([N+](=O)[O-])ccc1OC. The van der Waals surface area contributed by atoms with Gasteiger partial charge in [0.2, 0.25) is 0 Å². The normalized spacial score (nSPS) is 14.0. The van der Waals surface area contributed by atoms with Crippen molar-refractivity contribution < 1.29 is 9.66 Å². The van der Waals surface area contributed by atoms with Crippen LogP contribution in [0.25, 0.3) is 0 Å². The Labute approximate surface area is 107 Å². The average Bonchev–Trinajstić information content (AvgIpc) is 2.37. The van der Waals surface area contributed by atoms with Gasteiger partial charge in [0.05, 0.1) is 12.0 Å². The van der Waals surface area contributed by atoms with Gasteiger partial charge in [-0.05, 0) is 24.8 Å². The topological polar surface area (TPSA) is 78.4 Å². The standard InChI is InChI=1S/C13H20N2O3/c1-4-12(14)9(2)7-10-8-11(15(16)17)5-6-13(10)18-3/h5-6,8-9,12H,4,7,14H2,1-3H3. The van der Waals surface area contributed by atoms with E-state index >= 15 is 0 Å². The molecule has 0 amide bonds. The quantitative estimate of drug-likeness (QED) is 0.623. The van der Waals surface area contributed by atoms with Gasteiger partial charge in [0, 0.05) is 23.7 Å². The number of nitrogens with two attached hydrogens (primary N) is 1. The highest BCUT2D eigenvalue weighted by Crippen LogP contribution is 2.27. The maximum atomic E-state index is 10.8. The Kier molecular flexibility index (Phi) is 5.09. The molecule has 1 aromatic rings. The molecule has 100 valence electrons. The van der Waals surface area contributed by atoms with Gasteiger partial charge in [-0.2, -0.15) is 0 Å². The van der Waals surface area contributed by atoms with Crippen molar-refractivity contribution in [3.8, 4) is 5.75 Å². The van der Waals surface area contributed by atoms with Crippen molar-refractivity contribution >= 4 is 5.69 Å². The minimum atomic E-state index is -0.395. The maximum Gasteiger partial charge on any atom is 0.269 e. The molecule has 5 heteroatoms. The zero-order valence-electron chi connectivity index (χ0n) is 11.1. The van der Waals surface area contributed by atoms with Crippen molar-refractivity contribution in [1.29, 1.82) is 0 Å². The van der Waals surface area contributed by atoms with E-state index in [0.29, 0.717) is 12.2 Å². The summed E-state index contributed by atoms with van der Waals surface area (Å²) in [6.45, 7) is 4.08. The predicted octanol–water partition coefficient (Wildman–Crippen LogP) is 2.52. The van der Waals surface area contributed by atoms with Gasteiger partial charge >= 0.3 is 0 Å². The van der Waals surface area contributed by atoms with Crippen LogP contribution in [-0.4, -0.2) is 18.1 Å². The number of benzene rings is 1. The zero-order valence-corrected chi connectivity index (χ0v) is 11.1. The van der Waals surface area contributed by atoms with E-state index in [4.69, 9.17) is 10.5 Å². The molecule has 0 aromatic heterocycles. The predicted molar refractivity (Wildman–Crippen MR) is 70.8 cm³/mol. The van der Waals surface area contributed by atoms with E-state index in [9.17, 15) is 10.1 Å². The smallest absolute Gasteiger partial charge is 0.269 e. The van der Waals surface area contributed by atoms with E-state index in [1.54, 1.807) is 19.2 Å². The van der Waals surface area contributed by atoms with Crippen molar-refractivity contribution in [3.63, 3.8) is 0 Å². The second-order valence-electron chi connectivity index (χ2n) is 4.51. The van der Waals surface area contributed by atoms with Gasteiger partial charge in [-0.3, -0.25) is 10.1 Å². The Bertz CT molecular complexity index is 421. The summed E-state index contributed by atoms with van der Waals surface area (Å²) in [4.78, 5) is 10.4. The summed E-state index contributed by atoms with van der Waals surface area (Å²) in [6, 6.07) is 4.75. The van der Waals surface area contributed by atoms with Crippen LogP contribution in [-0.2, 0) is 6.42 Å². The molecule has 0 radical (unpaired) electrons. The number of methoxy groups -OCH3 is 1. The molecule has 5 nitrogen and oxygen atoms in total. The number of nitro benzene ring substituents is 1. The minimum Gasteiger partial charge on any atom is -0.496 e. The number of hydrogen-bond acceptors (Lipinski definition) is 4. The Morgan fingerprint density at radius 3 is 2.67 bits per heavy atom. The summed E-state index contributed by atoms with van der Waals surface area (Å²) in [5.74, 6) is 0.932. The first kappa shape index (κ1) is 14.4. The van der Waals surface area contributed by atoms with Gasteiger partial charge in [-0.1, -0.05) is 13.8 Å². The van der Waals surface area contributed by atoms with Gasteiger partial charge < -0.3 is 10.5 Å². The largest absolute Gasteiger partial charge is 0.496 e. The Balaban J connectivity index is 2.97. The summed E-state index contributed by atoms with van der Waals surface area (Å²) in [7, 11) is 1.56. The first-order chi connectivity index (χ1) is 8.49. The maximum absolute atomic E-state index is 10.8. The fourth-order valence-electron chi connectivity index (χ4n) is 1.94. The summed E-state index contributed by atoms with van der Waals surface area (Å²) in [5.41, 5.74) is 6.90. The molecule has 0 heterocycles. The monoisotopic (exact) mass is 252 g/mol. The highest BCUT2D eigenvalue weighted by Gasteiger charge is 2.17. The second-order valence-corrected chi connectivity index (χ2v) is 4.51. The van der Waals surface area contributed by atoms with Crippen LogP contribution in [0.1, 0.15) is 25.8 Å². The number of non-ortho nitro benzene ring substituents is 1. The Hall–Kier alpha value is -1.62. The zero-order chi connectivity index (χ0) is 13.7. The van der Waals surface area contributed by atoms with E-state index in [-0.39, 0.29) is 17.6 Å². The first-order valence-electron chi connectivity index (χ1n) is 6.06. The lowest BCUT2D eigenvalue weighted by Gasteiger charge is -2.19. The number of hydrogen-bond donors (Lipinski definition) is 1. The fraction of sp³-hybridized carbons (Fsp3) is 0.538. The molecule has 0 spiro atoms. The summed E-state index contributed by atoms with van der Waals surface area (Å²) >= 11 is 0. The van der Waals surface area contributed by atoms with Gasteiger partial charge in [-0.15, -0.1) is 0 Å². The molecule has 0 aliphatic heterocycles. The van der Waals surface area contributed by atoms with Crippen LogP contribution in [0.15, 0.2) is 18.2 Å². The molecule has 2 unspecified atom stereocenters. The highest BCUT2D eigenvalue weighted by molar-refractivity contribution is 5.44. The first-order valence-corrected chi connectivity index (χ1v) is 6.06. The van der Waals surface area contributed by atoms with Gasteiger partial charge in [-0.25, -0.2) is 0 Å². The third kappa shape index (κ3) is 3.43. The van der Waals surface area contributed by atoms with Crippen LogP contribution < -0.4 is 10.5 Å². The number of nitrogens with zero attached hydrogens (tertiary/aromatic N) is 1. The number of rotatable bonds is 6. The van der Waals surface area contributed by atoms with E-state index in [1.807, 2.05) is 13.8 Å². The van der Waals surface area contributed by atoms with E-state index < -0.39 is 4.92 Å². The van der Waals surface area contributed by atoms with Crippen LogP contribution in [0.5, 0.6) is 5.75 Å². The van der Waals surface area contributed by atoms with Crippen molar-refractivity contribution in [3.05, 3.63) is 33.9 Å². The van der Waals surface area contributed by atoms with Crippen LogP contribution >= 0.6 is 0 Å². The molecule has 18 heavy (non-hydrogen) atoms. The number of ether oxygens (including phenoxy) is 1. The summed E-state index contributed by atoms with van der Waals surface area (Å²) in [5, 5.41) is 10.8. The third-order valence-corrected chi connectivity index (χ3v) is 3.22. The molecule has 1 rings (SSSR count). The van der Waals surface area contributed by atoms with Gasteiger partial charge in [0.1, 0.15) is 5.75 Å². The van der Waals surface area contributed by atoms with Crippen molar-refractivity contribution in [1.82, 2.24) is 0 Å². The van der Waals surface area contributed by atoms with E-state index in [2.05, 4.69) is 0 Å². The molecule has 1 aromatic carbocycles. The van der Waals surface area contributed by atoms with Crippen molar-refractivity contribution in [2.24, 2.45) is 11.7 Å². The van der Waals surface area contributed by atoms with E-state index in [1.165, 1.54) is 6.07 Å². The van der Waals surface area contributed by atoms with E-state index in [0.717, 1.165) is 12.0 Å². The van der Waals surface area contributed by atoms with Crippen molar-refractivity contribution in [2.75, 3.05) is 7.11 Å². The van der Waals surface area contributed by atoms with Crippen LogP contribution in [0.3, 0.4) is 0 Å². The molecule has 0 saturated heterocycles. The molecule has 2 N–H and O–H groups in total. The van der Waals surface area contributed by atoms with Gasteiger partial charge in [0.25, 0.3) is 5.69 Å². The third-order valence-electron chi connectivity index (χ3n) is 3.22. The molecule has 0 aliphatic rings. The lowest BCUT2D eigenvalue weighted by molar-refractivity contribution is -0.384. The molecule has 2 atom stereocenters. The summed E-state index contributed by atoms with van der Waals surface area (Å²) < 4.78 is 5.23. The minimum absolute atomic E-state index is 0.0862. The second kappa shape index (κ2) is 6.35. The van der Waals surface area contributed by atoms with Gasteiger partial charge in [0.15, 0.2) is 0 Å². The molecule has 0 fully saturated rings. The number of nitro groups is 1. The highest BCUT2D eigenvalue weighted by atomic mass is 16.6. The van der Waals surface area contributed by atoms with Crippen LogP contribution in [0.2, 0.25) is 0 Å². The molecule has 0 aliphatic carbocycles. The molecule has 0 bridgehead atoms. The van der Waals surface area contributed by atoms with Crippen LogP contribution in [0, 0.1) is 16.0 Å². The Morgan fingerprint density at radius 1 is 1.50 bits per heavy atom. The molecular weight excluding hydrogens is 232 g/mol. The summed E-state index contributed by atoms with van der Waals surface area (Å²) in [6.07, 6.45) is 1.57. The average molecular weight is 252 g/mol. The lowest BCUT2D eigenvalue weighted by atomic mass is 9.92. The molecular formula is C13H20N2O3.